The molecule has 3 aromatic carbocycles. The van der Waals surface area contributed by atoms with Crippen LogP contribution in [0.15, 0.2) is 71.6 Å². The van der Waals surface area contributed by atoms with Crippen molar-refractivity contribution in [3.8, 4) is 5.75 Å². The number of aryl methyl sites for hydroxylation is 1. The molecule has 0 aliphatic heterocycles. The number of likely N-dealkylation sites (N-methyl/N-ethyl adjacent to an activating group) is 1. The van der Waals surface area contributed by atoms with Crippen molar-refractivity contribution in [3.63, 3.8) is 0 Å². The number of methoxy groups -OCH3 is 1. The molecule has 1 N–H and O–H groups in total. The van der Waals surface area contributed by atoms with Gasteiger partial charge in [0.2, 0.25) is 15.9 Å². The lowest BCUT2D eigenvalue weighted by molar-refractivity contribution is -0.116. The summed E-state index contributed by atoms with van der Waals surface area (Å²) in [5, 5.41) is 4.98. The third kappa shape index (κ3) is 3.94. The second kappa shape index (κ2) is 8.64. The first kappa shape index (κ1) is 21.9. The number of rotatable bonds is 7. The fraction of sp³-hybridized carbons (Fsp3) is 0.208. The predicted octanol–water partition coefficient (Wildman–Crippen LogP) is 4.08. The molecule has 0 aliphatic rings. The van der Waals surface area contributed by atoms with E-state index in [9.17, 15) is 13.2 Å². The molecule has 166 valence electrons. The van der Waals surface area contributed by atoms with Crippen molar-refractivity contribution in [3.05, 3.63) is 66.7 Å². The van der Waals surface area contributed by atoms with Gasteiger partial charge in [0.25, 0.3) is 0 Å². The van der Waals surface area contributed by atoms with Crippen molar-refractivity contribution in [2.75, 3.05) is 26.0 Å². The Balaban J connectivity index is 1.54. The van der Waals surface area contributed by atoms with Crippen LogP contribution >= 0.6 is 0 Å². The zero-order valence-corrected chi connectivity index (χ0v) is 19.0. The SMILES string of the molecule is CCn1c2ccccc2c2cc(NC(=O)CN(C)S(=O)(=O)c3ccc(OC)cc3)ccc21. The summed E-state index contributed by atoms with van der Waals surface area (Å²) in [4.78, 5) is 12.7. The number of anilines is 1. The molecule has 1 aromatic heterocycles. The largest absolute Gasteiger partial charge is 0.497 e. The molecule has 0 saturated carbocycles. The van der Waals surface area contributed by atoms with Crippen LogP contribution in [0.4, 0.5) is 5.69 Å². The van der Waals surface area contributed by atoms with Crippen molar-refractivity contribution in [2.24, 2.45) is 0 Å². The van der Waals surface area contributed by atoms with E-state index in [0.717, 1.165) is 32.7 Å². The molecule has 4 rings (SSSR count). The maximum atomic E-state index is 12.8. The average molecular weight is 452 g/mol. The number of fused-ring (bicyclic) bond motifs is 3. The van der Waals surface area contributed by atoms with Gasteiger partial charge in [0.05, 0.1) is 18.6 Å². The maximum absolute atomic E-state index is 12.8. The highest BCUT2D eigenvalue weighted by Gasteiger charge is 2.23. The minimum atomic E-state index is -3.80. The van der Waals surface area contributed by atoms with Gasteiger partial charge < -0.3 is 14.6 Å². The first-order chi connectivity index (χ1) is 15.3. The van der Waals surface area contributed by atoms with E-state index in [2.05, 4.69) is 28.9 Å². The Morgan fingerprint density at radius 3 is 2.38 bits per heavy atom. The van der Waals surface area contributed by atoms with Crippen molar-refractivity contribution >= 4 is 43.4 Å². The molecular weight excluding hydrogens is 426 g/mol. The number of nitrogens with zero attached hydrogens (tertiary/aromatic N) is 2. The molecule has 32 heavy (non-hydrogen) atoms. The molecule has 7 nitrogen and oxygen atoms in total. The summed E-state index contributed by atoms with van der Waals surface area (Å²) in [5.41, 5.74) is 2.85. The number of ether oxygens (including phenoxy) is 1. The second-order valence-electron chi connectivity index (χ2n) is 7.48. The van der Waals surface area contributed by atoms with Crippen LogP contribution in [0.5, 0.6) is 5.75 Å². The van der Waals surface area contributed by atoms with E-state index in [0.29, 0.717) is 11.4 Å². The van der Waals surface area contributed by atoms with Crippen LogP contribution < -0.4 is 10.1 Å². The number of amides is 1. The molecule has 0 bridgehead atoms. The highest BCUT2D eigenvalue weighted by atomic mass is 32.2. The third-order valence-corrected chi connectivity index (χ3v) is 7.32. The van der Waals surface area contributed by atoms with Gasteiger partial charge in [-0.1, -0.05) is 18.2 Å². The molecule has 4 aromatic rings. The van der Waals surface area contributed by atoms with E-state index in [-0.39, 0.29) is 11.4 Å². The number of para-hydroxylation sites is 1. The molecule has 1 heterocycles. The van der Waals surface area contributed by atoms with Crippen LogP contribution in [0.3, 0.4) is 0 Å². The summed E-state index contributed by atoms with van der Waals surface area (Å²) in [6.45, 7) is 2.63. The smallest absolute Gasteiger partial charge is 0.243 e. The number of carbonyl (C=O) groups excluding carboxylic acids is 1. The lowest BCUT2D eigenvalue weighted by atomic mass is 10.1. The molecule has 0 saturated heterocycles. The summed E-state index contributed by atoms with van der Waals surface area (Å²) >= 11 is 0. The maximum Gasteiger partial charge on any atom is 0.243 e. The van der Waals surface area contributed by atoms with Crippen molar-refractivity contribution < 1.29 is 17.9 Å². The molecule has 0 fully saturated rings. The molecule has 0 unspecified atom stereocenters. The fourth-order valence-electron chi connectivity index (χ4n) is 3.89. The topological polar surface area (TPSA) is 80.6 Å². The van der Waals surface area contributed by atoms with Gasteiger partial charge >= 0.3 is 0 Å². The molecule has 0 atom stereocenters. The fourth-order valence-corrected chi connectivity index (χ4v) is 5.01. The van der Waals surface area contributed by atoms with Crippen LogP contribution in [0.1, 0.15) is 6.92 Å². The Kier molecular flexibility index (Phi) is 5.90. The van der Waals surface area contributed by atoms with E-state index in [1.54, 1.807) is 12.1 Å². The van der Waals surface area contributed by atoms with Gasteiger partial charge in [-0.25, -0.2) is 8.42 Å². The summed E-state index contributed by atoms with van der Waals surface area (Å²) in [5.74, 6) is 0.146. The van der Waals surface area contributed by atoms with Gasteiger partial charge in [0, 0.05) is 41.1 Å². The Morgan fingerprint density at radius 1 is 1.00 bits per heavy atom. The second-order valence-corrected chi connectivity index (χ2v) is 9.52. The minimum absolute atomic E-state index is 0.0994. The molecule has 0 spiro atoms. The normalized spacial score (nSPS) is 11.9. The minimum Gasteiger partial charge on any atom is -0.497 e. The predicted molar refractivity (Wildman–Crippen MR) is 127 cm³/mol. The van der Waals surface area contributed by atoms with E-state index < -0.39 is 15.9 Å². The van der Waals surface area contributed by atoms with E-state index in [4.69, 9.17) is 4.74 Å². The Bertz CT molecular complexity index is 1390. The summed E-state index contributed by atoms with van der Waals surface area (Å²) < 4.78 is 33.9. The lowest BCUT2D eigenvalue weighted by Crippen LogP contribution is -2.34. The molecular formula is C24H25N3O4S. The highest BCUT2D eigenvalue weighted by Crippen LogP contribution is 2.31. The lowest BCUT2D eigenvalue weighted by Gasteiger charge is -2.17. The Hall–Kier alpha value is -3.36. The summed E-state index contributed by atoms with van der Waals surface area (Å²) in [7, 11) is -0.904. The van der Waals surface area contributed by atoms with E-state index in [1.807, 2.05) is 30.3 Å². The third-order valence-electron chi connectivity index (χ3n) is 5.51. The van der Waals surface area contributed by atoms with E-state index in [1.165, 1.54) is 26.3 Å². The molecule has 1 amide bonds. The van der Waals surface area contributed by atoms with Gasteiger partial charge in [0.1, 0.15) is 5.75 Å². The number of benzene rings is 3. The van der Waals surface area contributed by atoms with Gasteiger partial charge in [-0.05, 0) is 55.5 Å². The molecule has 0 aliphatic carbocycles. The van der Waals surface area contributed by atoms with Crippen LogP contribution in [0, 0.1) is 0 Å². The van der Waals surface area contributed by atoms with Crippen molar-refractivity contribution in [2.45, 2.75) is 18.4 Å². The van der Waals surface area contributed by atoms with Crippen LogP contribution in [0.25, 0.3) is 21.8 Å². The first-order valence-electron chi connectivity index (χ1n) is 10.3. The first-order valence-corrected chi connectivity index (χ1v) is 11.7. The van der Waals surface area contributed by atoms with Gasteiger partial charge in [-0.3, -0.25) is 4.79 Å². The van der Waals surface area contributed by atoms with Crippen molar-refractivity contribution in [1.29, 1.82) is 0 Å². The van der Waals surface area contributed by atoms with Crippen LogP contribution in [-0.2, 0) is 21.4 Å². The van der Waals surface area contributed by atoms with Crippen LogP contribution in [-0.4, -0.2) is 43.9 Å². The highest BCUT2D eigenvalue weighted by molar-refractivity contribution is 7.89. The number of aromatic nitrogens is 1. The molecule has 0 radical (unpaired) electrons. The summed E-state index contributed by atoms with van der Waals surface area (Å²) in [6.07, 6.45) is 0. The Labute approximate surface area is 187 Å². The Morgan fingerprint density at radius 2 is 1.69 bits per heavy atom. The zero-order chi connectivity index (χ0) is 22.9. The van der Waals surface area contributed by atoms with Gasteiger partial charge in [0.15, 0.2) is 0 Å². The average Bonchev–Trinajstić information content (AvgIpc) is 3.12. The standard InChI is InChI=1S/C24H25N3O4S/c1-4-27-22-8-6-5-7-20(22)21-15-17(9-14-23(21)27)25-24(28)16-26(2)32(29,30)19-12-10-18(31-3)11-13-19/h5-15H,4,16H2,1-3H3,(H,25,28). The number of sulfonamides is 1. The molecule has 8 heteroatoms. The number of hydrogen-bond donors (Lipinski definition) is 1. The van der Waals surface area contributed by atoms with Gasteiger partial charge in [-0.2, -0.15) is 4.31 Å². The monoisotopic (exact) mass is 451 g/mol. The summed E-state index contributed by atoms with van der Waals surface area (Å²) in [6, 6.07) is 19.9. The van der Waals surface area contributed by atoms with E-state index >= 15 is 0 Å². The number of carbonyl (C=O) groups is 1. The van der Waals surface area contributed by atoms with Crippen molar-refractivity contribution in [1.82, 2.24) is 8.87 Å². The van der Waals surface area contributed by atoms with Gasteiger partial charge in [-0.15, -0.1) is 0 Å². The zero-order valence-electron chi connectivity index (χ0n) is 18.2. The number of nitrogens with one attached hydrogen (secondary N) is 1. The number of hydrogen-bond acceptors (Lipinski definition) is 4. The van der Waals surface area contributed by atoms with Crippen LogP contribution in [0.2, 0.25) is 0 Å². The quantitative estimate of drug-likeness (QED) is 0.459.